The monoisotopic (exact) mass is 411 g/mol. The smallest absolute Gasteiger partial charge is 0.192 e. The van der Waals surface area contributed by atoms with Crippen LogP contribution in [-0.2, 0) is 4.43 Å². The number of hydrogen-bond acceptors (Lipinski definition) is 3. The summed E-state index contributed by atoms with van der Waals surface area (Å²) in [5.41, 5.74) is 4.28. The number of aromatic nitrogens is 1. The number of benzene rings is 1. The van der Waals surface area contributed by atoms with E-state index in [1.54, 1.807) is 7.11 Å². The third-order valence-electron chi connectivity index (χ3n) is 7.52. The minimum absolute atomic E-state index is 0.0166. The number of nitrogens with zero attached hydrogens (tertiary/aromatic N) is 1. The quantitative estimate of drug-likeness (QED) is 0.572. The highest BCUT2D eigenvalue weighted by Crippen LogP contribution is 2.57. The van der Waals surface area contributed by atoms with E-state index in [0.717, 1.165) is 17.1 Å². The Labute approximate surface area is 175 Å². The van der Waals surface area contributed by atoms with Gasteiger partial charge in [-0.1, -0.05) is 34.6 Å². The second-order valence-electron chi connectivity index (χ2n) is 10.2. The van der Waals surface area contributed by atoms with Gasteiger partial charge in [-0.25, -0.2) is 0 Å². The van der Waals surface area contributed by atoms with Gasteiger partial charge < -0.3 is 13.7 Å². The Morgan fingerprint density at radius 3 is 2.45 bits per heavy atom. The molecule has 2 heterocycles. The van der Waals surface area contributed by atoms with Crippen LogP contribution in [-0.4, -0.2) is 25.8 Å². The molecule has 1 aromatic heterocycles. The molecule has 1 aliphatic heterocycles. The second kappa shape index (κ2) is 6.58. The van der Waals surface area contributed by atoms with Crippen molar-refractivity contribution in [2.24, 2.45) is 11.8 Å². The van der Waals surface area contributed by atoms with E-state index in [9.17, 15) is 4.79 Å². The molecule has 5 heteroatoms. The number of ketones is 1. The lowest BCUT2D eigenvalue weighted by molar-refractivity contribution is 0.0835. The van der Waals surface area contributed by atoms with E-state index in [4.69, 9.17) is 9.16 Å². The Bertz CT molecular complexity index is 969. The number of carbonyl (C=O) groups is 1. The van der Waals surface area contributed by atoms with Crippen LogP contribution in [0.5, 0.6) is 5.75 Å². The Balaban J connectivity index is 1.95. The van der Waals surface area contributed by atoms with Gasteiger partial charge in [-0.05, 0) is 53.4 Å². The first-order chi connectivity index (χ1) is 13.5. The SMILES string of the molecule is COc1cc2c3c(c1)-n1cccc1C(=O)[C@@H](C)[C@@H]3[C@@H](C)[C@H]2O[Si](C)(C)C(C)(C)C. The zero-order chi connectivity index (χ0) is 21.3. The summed E-state index contributed by atoms with van der Waals surface area (Å²) in [5, 5.41) is 0.124. The van der Waals surface area contributed by atoms with Gasteiger partial charge in [-0.3, -0.25) is 4.79 Å². The predicted molar refractivity (Wildman–Crippen MR) is 119 cm³/mol. The first kappa shape index (κ1) is 20.4. The molecule has 2 aliphatic rings. The molecule has 29 heavy (non-hydrogen) atoms. The van der Waals surface area contributed by atoms with Crippen LogP contribution in [0.2, 0.25) is 18.1 Å². The molecule has 4 rings (SSSR count). The molecule has 0 amide bonds. The number of methoxy groups -OCH3 is 1. The van der Waals surface area contributed by atoms with Gasteiger partial charge in [0, 0.05) is 24.1 Å². The second-order valence-corrected chi connectivity index (χ2v) is 15.0. The maximum Gasteiger partial charge on any atom is 0.192 e. The average Bonchev–Trinajstić information content (AvgIpc) is 3.20. The summed E-state index contributed by atoms with van der Waals surface area (Å²) < 4.78 is 14.7. The minimum atomic E-state index is -1.99. The summed E-state index contributed by atoms with van der Waals surface area (Å²) in [5.74, 6) is 1.32. The van der Waals surface area contributed by atoms with Crippen LogP contribution in [0.3, 0.4) is 0 Å². The van der Waals surface area contributed by atoms with Gasteiger partial charge in [0.25, 0.3) is 0 Å². The summed E-state index contributed by atoms with van der Waals surface area (Å²) >= 11 is 0. The molecule has 4 nitrogen and oxygen atoms in total. The van der Waals surface area contributed by atoms with E-state index in [1.165, 1.54) is 11.1 Å². The Morgan fingerprint density at radius 2 is 1.83 bits per heavy atom. The summed E-state index contributed by atoms with van der Waals surface area (Å²) in [6.07, 6.45) is 1.97. The normalized spacial score (nSPS) is 26.1. The van der Waals surface area contributed by atoms with E-state index in [2.05, 4.69) is 59.8 Å². The van der Waals surface area contributed by atoms with Crippen molar-refractivity contribution >= 4 is 14.1 Å². The fourth-order valence-corrected chi connectivity index (χ4v) is 6.17. The van der Waals surface area contributed by atoms with Crippen LogP contribution in [0.4, 0.5) is 0 Å². The fourth-order valence-electron chi connectivity index (χ4n) is 4.84. The van der Waals surface area contributed by atoms with E-state index in [-0.39, 0.29) is 34.7 Å². The molecule has 0 saturated carbocycles. The Kier molecular flexibility index (Phi) is 4.63. The molecule has 0 unspecified atom stereocenters. The topological polar surface area (TPSA) is 40.5 Å². The summed E-state index contributed by atoms with van der Waals surface area (Å²) in [6.45, 7) is 15.8. The lowest BCUT2D eigenvalue weighted by atomic mass is 9.80. The van der Waals surface area contributed by atoms with Crippen LogP contribution in [0.25, 0.3) is 5.69 Å². The van der Waals surface area contributed by atoms with Gasteiger partial charge in [0.05, 0.1) is 24.6 Å². The molecule has 2 aromatic rings. The van der Waals surface area contributed by atoms with Crippen LogP contribution >= 0.6 is 0 Å². The van der Waals surface area contributed by atoms with Gasteiger partial charge in [0.15, 0.2) is 14.1 Å². The third kappa shape index (κ3) is 2.93. The van der Waals surface area contributed by atoms with Crippen LogP contribution in [0.15, 0.2) is 30.5 Å². The highest BCUT2D eigenvalue weighted by molar-refractivity contribution is 6.74. The first-order valence-corrected chi connectivity index (χ1v) is 13.5. The largest absolute Gasteiger partial charge is 0.497 e. The zero-order valence-corrected chi connectivity index (χ0v) is 19.9. The van der Waals surface area contributed by atoms with E-state index in [0.29, 0.717) is 0 Å². The van der Waals surface area contributed by atoms with E-state index >= 15 is 0 Å². The lowest BCUT2D eigenvalue weighted by Crippen LogP contribution is -2.42. The fraction of sp³-hybridized carbons (Fsp3) is 0.542. The standard InChI is InChI=1S/C24H33NO3Si/c1-14-20-15(2)23(28-29(7,8)24(3,4)5)17-12-16(27-6)13-19(21(17)20)25-11-9-10-18(25)22(14)26/h9-15,20,23H,1-8H3/t14-,15+,20+,23+/m0/s1. The molecule has 0 saturated heterocycles. The molecule has 0 spiro atoms. The Hall–Kier alpha value is -1.85. The molecule has 0 fully saturated rings. The molecular weight excluding hydrogens is 378 g/mol. The molecule has 0 bridgehead atoms. The molecule has 156 valence electrons. The van der Waals surface area contributed by atoms with Crippen molar-refractivity contribution in [2.45, 2.75) is 64.8 Å². The van der Waals surface area contributed by atoms with E-state index in [1.807, 2.05) is 22.9 Å². The van der Waals surface area contributed by atoms with Crippen LogP contribution in [0.1, 0.15) is 68.3 Å². The van der Waals surface area contributed by atoms with Crippen molar-refractivity contribution < 1.29 is 14.0 Å². The number of rotatable bonds is 3. The van der Waals surface area contributed by atoms with Crippen molar-refractivity contribution in [3.8, 4) is 11.4 Å². The van der Waals surface area contributed by atoms with Crippen molar-refractivity contribution in [1.29, 1.82) is 0 Å². The number of carbonyl (C=O) groups excluding carboxylic acids is 1. The van der Waals surface area contributed by atoms with E-state index < -0.39 is 8.32 Å². The number of hydrogen-bond donors (Lipinski definition) is 0. The highest BCUT2D eigenvalue weighted by Gasteiger charge is 2.50. The molecular formula is C24H33NO3Si. The van der Waals surface area contributed by atoms with Crippen molar-refractivity contribution in [3.05, 3.63) is 47.3 Å². The summed E-state index contributed by atoms with van der Waals surface area (Å²) in [4.78, 5) is 13.3. The van der Waals surface area contributed by atoms with Crippen LogP contribution < -0.4 is 4.74 Å². The molecule has 1 aliphatic carbocycles. The molecule has 0 N–H and O–H groups in total. The number of ether oxygens (including phenoxy) is 1. The average molecular weight is 412 g/mol. The van der Waals surface area contributed by atoms with Gasteiger partial charge >= 0.3 is 0 Å². The third-order valence-corrected chi connectivity index (χ3v) is 12.0. The number of fused-ring (bicyclic) bond motifs is 2. The van der Waals surface area contributed by atoms with Crippen molar-refractivity contribution in [3.63, 3.8) is 0 Å². The van der Waals surface area contributed by atoms with Crippen LogP contribution in [0, 0.1) is 11.8 Å². The first-order valence-electron chi connectivity index (χ1n) is 10.6. The van der Waals surface area contributed by atoms with Crippen molar-refractivity contribution in [1.82, 2.24) is 4.57 Å². The lowest BCUT2D eigenvalue weighted by Gasteiger charge is -2.40. The maximum atomic E-state index is 13.3. The zero-order valence-electron chi connectivity index (χ0n) is 18.9. The minimum Gasteiger partial charge on any atom is -0.497 e. The molecule has 4 atom stereocenters. The van der Waals surface area contributed by atoms with Gasteiger partial charge in [0.2, 0.25) is 0 Å². The number of Topliss-reactive ketones (excluding diaryl/α,β-unsaturated/α-hetero) is 1. The van der Waals surface area contributed by atoms with Gasteiger partial charge in [-0.15, -0.1) is 0 Å². The van der Waals surface area contributed by atoms with Gasteiger partial charge in [0.1, 0.15) is 5.75 Å². The van der Waals surface area contributed by atoms with Crippen molar-refractivity contribution in [2.75, 3.05) is 7.11 Å². The summed E-state index contributed by atoms with van der Waals surface area (Å²) in [7, 11) is -0.286. The molecule has 1 aromatic carbocycles. The maximum absolute atomic E-state index is 13.3. The van der Waals surface area contributed by atoms with Gasteiger partial charge in [-0.2, -0.15) is 0 Å². The Morgan fingerprint density at radius 1 is 1.14 bits per heavy atom. The predicted octanol–water partition coefficient (Wildman–Crippen LogP) is 6.11. The summed E-state index contributed by atoms with van der Waals surface area (Å²) in [6, 6.07) is 8.09. The highest BCUT2D eigenvalue weighted by atomic mass is 28.4. The molecule has 0 radical (unpaired) electrons.